The number of rotatable bonds is 8. The Morgan fingerprint density at radius 1 is 0.215 bits per heavy atom. The summed E-state index contributed by atoms with van der Waals surface area (Å²) >= 11 is 0. The van der Waals surface area contributed by atoms with E-state index in [9.17, 15) is 0 Å². The number of anilines is 3. The SMILES string of the molecule is c1ccc(-c2ccc(N(c3cccc(-c4cccc5ccccc45)c3)c3ccccc3-c3ccc4c(c3)c(-c3ccccc3)c(-c3ccccc3)c3ccccc34)c3ccccc23)cc1. The quantitative estimate of drug-likeness (QED) is 0.138. The first kappa shape index (κ1) is 38.2. The summed E-state index contributed by atoms with van der Waals surface area (Å²) in [6.45, 7) is 0. The van der Waals surface area contributed by atoms with E-state index in [0.717, 1.165) is 28.2 Å². The minimum Gasteiger partial charge on any atom is -0.309 e. The second-order valence-corrected chi connectivity index (χ2v) is 16.8. The van der Waals surface area contributed by atoms with Crippen molar-refractivity contribution >= 4 is 60.2 Å². The number of nitrogens with zero attached hydrogens (tertiary/aromatic N) is 1. The van der Waals surface area contributed by atoms with Crippen LogP contribution in [0.15, 0.2) is 261 Å². The molecule has 65 heavy (non-hydrogen) atoms. The van der Waals surface area contributed by atoms with Gasteiger partial charge in [-0.1, -0.05) is 231 Å². The highest BCUT2D eigenvalue weighted by molar-refractivity contribution is 6.22. The fraction of sp³-hybridized carbons (Fsp3) is 0. The van der Waals surface area contributed by atoms with E-state index in [-0.39, 0.29) is 0 Å². The van der Waals surface area contributed by atoms with Crippen molar-refractivity contribution in [1.82, 2.24) is 0 Å². The zero-order chi connectivity index (χ0) is 43.1. The number of hydrogen-bond donors (Lipinski definition) is 0. The molecule has 0 unspecified atom stereocenters. The van der Waals surface area contributed by atoms with Crippen LogP contribution in [0.4, 0.5) is 17.1 Å². The molecule has 0 amide bonds. The first-order valence-corrected chi connectivity index (χ1v) is 22.4. The van der Waals surface area contributed by atoms with Crippen LogP contribution in [0, 0.1) is 0 Å². The number of benzene rings is 12. The van der Waals surface area contributed by atoms with Crippen LogP contribution in [0.1, 0.15) is 0 Å². The zero-order valence-corrected chi connectivity index (χ0v) is 35.8. The molecular formula is C64H43N. The second kappa shape index (κ2) is 16.3. The summed E-state index contributed by atoms with van der Waals surface area (Å²) in [4.78, 5) is 2.49. The molecule has 0 saturated carbocycles. The Labute approximate surface area is 379 Å². The van der Waals surface area contributed by atoms with Gasteiger partial charge in [0.25, 0.3) is 0 Å². The summed E-state index contributed by atoms with van der Waals surface area (Å²) in [6.07, 6.45) is 0. The molecule has 0 radical (unpaired) electrons. The van der Waals surface area contributed by atoms with E-state index in [1.807, 2.05) is 0 Å². The van der Waals surface area contributed by atoms with E-state index in [2.05, 4.69) is 266 Å². The van der Waals surface area contributed by atoms with Gasteiger partial charge in [-0.15, -0.1) is 0 Å². The van der Waals surface area contributed by atoms with Crippen LogP contribution < -0.4 is 4.90 Å². The number of fused-ring (bicyclic) bond motifs is 5. The summed E-state index contributed by atoms with van der Waals surface area (Å²) in [5, 5.41) is 9.83. The van der Waals surface area contributed by atoms with Crippen molar-refractivity contribution in [3.05, 3.63) is 261 Å². The van der Waals surface area contributed by atoms with Crippen LogP contribution in [0.25, 0.3) is 98.7 Å². The van der Waals surface area contributed by atoms with Gasteiger partial charge in [0.1, 0.15) is 0 Å². The molecule has 0 atom stereocenters. The van der Waals surface area contributed by atoms with Gasteiger partial charge in [0.05, 0.1) is 11.4 Å². The monoisotopic (exact) mass is 825 g/mol. The topological polar surface area (TPSA) is 3.24 Å². The van der Waals surface area contributed by atoms with E-state index in [0.29, 0.717) is 0 Å². The summed E-state index contributed by atoms with van der Waals surface area (Å²) in [5.41, 5.74) is 15.3. The maximum Gasteiger partial charge on any atom is 0.0540 e. The highest BCUT2D eigenvalue weighted by atomic mass is 15.1. The Balaban J connectivity index is 1.13. The van der Waals surface area contributed by atoms with Gasteiger partial charge in [-0.2, -0.15) is 0 Å². The van der Waals surface area contributed by atoms with Gasteiger partial charge in [0, 0.05) is 16.6 Å². The maximum absolute atomic E-state index is 2.49. The first-order chi connectivity index (χ1) is 32.3. The normalized spacial score (nSPS) is 11.4. The molecular weight excluding hydrogens is 783 g/mol. The van der Waals surface area contributed by atoms with Crippen molar-refractivity contribution in [2.45, 2.75) is 0 Å². The second-order valence-electron chi connectivity index (χ2n) is 16.8. The Morgan fingerprint density at radius 3 is 1.46 bits per heavy atom. The highest BCUT2D eigenvalue weighted by Crippen LogP contribution is 2.49. The summed E-state index contributed by atoms with van der Waals surface area (Å²) in [7, 11) is 0. The highest BCUT2D eigenvalue weighted by Gasteiger charge is 2.23. The molecule has 0 spiro atoms. The minimum absolute atomic E-state index is 1.09. The molecule has 304 valence electrons. The van der Waals surface area contributed by atoms with Gasteiger partial charge in [-0.05, 0) is 118 Å². The van der Waals surface area contributed by atoms with Crippen LogP contribution in [0.2, 0.25) is 0 Å². The van der Waals surface area contributed by atoms with Gasteiger partial charge in [0.2, 0.25) is 0 Å². The lowest BCUT2D eigenvalue weighted by Gasteiger charge is -2.30. The molecule has 0 aliphatic heterocycles. The van der Waals surface area contributed by atoms with Crippen LogP contribution in [0.5, 0.6) is 0 Å². The standard InChI is InChI=1S/C64H43N/c1-4-20-44(21-5-1)53-40-41-62(58-34-14-12-32-55(53)58)65(50-29-18-28-48(42-50)52-36-19-27-45-22-10-11-30-51(45)52)61-37-17-16-31-54(61)49-38-39-57-56-33-13-15-35-59(56)63(46-23-6-2-7-24-46)64(60(57)43-49)47-25-8-3-9-26-47/h1-43H. The fourth-order valence-corrected chi connectivity index (χ4v) is 10.1. The van der Waals surface area contributed by atoms with Crippen LogP contribution in [-0.4, -0.2) is 0 Å². The molecule has 0 aliphatic carbocycles. The average Bonchev–Trinajstić information content (AvgIpc) is 3.39. The third-order valence-corrected chi connectivity index (χ3v) is 13.0. The van der Waals surface area contributed by atoms with Gasteiger partial charge in [-0.3, -0.25) is 0 Å². The molecule has 12 rings (SSSR count). The van der Waals surface area contributed by atoms with E-state index in [4.69, 9.17) is 0 Å². The van der Waals surface area contributed by atoms with Crippen molar-refractivity contribution in [3.8, 4) is 55.6 Å². The predicted molar refractivity (Wildman–Crippen MR) is 278 cm³/mol. The van der Waals surface area contributed by atoms with Gasteiger partial charge >= 0.3 is 0 Å². The molecule has 12 aromatic rings. The Hall–Kier alpha value is -8.52. The van der Waals surface area contributed by atoms with Crippen molar-refractivity contribution in [2.24, 2.45) is 0 Å². The molecule has 0 aromatic heterocycles. The Bertz CT molecular complexity index is 3700. The molecule has 0 fully saturated rings. The maximum atomic E-state index is 2.49. The van der Waals surface area contributed by atoms with Gasteiger partial charge in [-0.25, -0.2) is 0 Å². The zero-order valence-electron chi connectivity index (χ0n) is 35.8. The van der Waals surface area contributed by atoms with E-state index < -0.39 is 0 Å². The third kappa shape index (κ3) is 6.74. The van der Waals surface area contributed by atoms with Crippen LogP contribution >= 0.6 is 0 Å². The van der Waals surface area contributed by atoms with Crippen LogP contribution in [0.3, 0.4) is 0 Å². The van der Waals surface area contributed by atoms with Gasteiger partial charge < -0.3 is 4.90 Å². The first-order valence-electron chi connectivity index (χ1n) is 22.4. The van der Waals surface area contributed by atoms with Gasteiger partial charge in [0.15, 0.2) is 0 Å². The lowest BCUT2D eigenvalue weighted by atomic mass is 9.84. The number of hydrogen-bond acceptors (Lipinski definition) is 1. The molecule has 1 nitrogen and oxygen atoms in total. The van der Waals surface area contributed by atoms with Crippen molar-refractivity contribution in [2.75, 3.05) is 4.90 Å². The van der Waals surface area contributed by atoms with Crippen LogP contribution in [-0.2, 0) is 0 Å². The molecule has 12 aromatic carbocycles. The average molecular weight is 826 g/mol. The summed E-state index contributed by atoms with van der Waals surface area (Å²) < 4.78 is 0. The van der Waals surface area contributed by atoms with E-state index in [1.54, 1.807) is 0 Å². The molecule has 0 bridgehead atoms. The Kier molecular flexibility index (Phi) is 9.58. The van der Waals surface area contributed by atoms with E-state index in [1.165, 1.54) is 87.6 Å². The molecule has 1 heteroatoms. The molecule has 0 aliphatic rings. The third-order valence-electron chi connectivity index (χ3n) is 13.0. The molecule has 0 saturated heterocycles. The smallest absolute Gasteiger partial charge is 0.0540 e. The molecule has 0 heterocycles. The van der Waals surface area contributed by atoms with Crippen molar-refractivity contribution in [3.63, 3.8) is 0 Å². The largest absolute Gasteiger partial charge is 0.309 e. The number of para-hydroxylation sites is 1. The lowest BCUT2D eigenvalue weighted by molar-refractivity contribution is 1.30. The Morgan fingerprint density at radius 2 is 0.708 bits per heavy atom. The molecule has 0 N–H and O–H groups in total. The fourth-order valence-electron chi connectivity index (χ4n) is 10.1. The van der Waals surface area contributed by atoms with Crippen molar-refractivity contribution < 1.29 is 0 Å². The predicted octanol–water partition coefficient (Wildman–Crippen LogP) is 18.1. The minimum atomic E-state index is 1.09. The van der Waals surface area contributed by atoms with E-state index >= 15 is 0 Å². The summed E-state index contributed by atoms with van der Waals surface area (Å²) in [5.74, 6) is 0. The summed E-state index contributed by atoms with van der Waals surface area (Å²) in [6, 6.07) is 95.4. The van der Waals surface area contributed by atoms with Crippen molar-refractivity contribution in [1.29, 1.82) is 0 Å². The lowest BCUT2D eigenvalue weighted by Crippen LogP contribution is -2.12.